The first-order valence-electron chi connectivity index (χ1n) is 7.45. The van der Waals surface area contributed by atoms with E-state index in [1.165, 1.54) is 11.1 Å². The zero-order valence-corrected chi connectivity index (χ0v) is 11.8. The zero-order valence-electron chi connectivity index (χ0n) is 11.8. The van der Waals surface area contributed by atoms with Crippen molar-refractivity contribution in [2.24, 2.45) is 5.92 Å². The molecule has 0 bridgehead atoms. The lowest BCUT2D eigenvalue weighted by atomic mass is 9.79. The van der Waals surface area contributed by atoms with Gasteiger partial charge in [0, 0.05) is 11.5 Å². The van der Waals surface area contributed by atoms with Crippen LogP contribution >= 0.6 is 0 Å². The summed E-state index contributed by atoms with van der Waals surface area (Å²) < 4.78 is 6.96. The quantitative estimate of drug-likeness (QED) is 0.744. The number of hydrogen-bond acceptors (Lipinski definition) is 5. The fourth-order valence-corrected chi connectivity index (χ4v) is 3.92. The van der Waals surface area contributed by atoms with Gasteiger partial charge in [-0.2, -0.15) is 0 Å². The van der Waals surface area contributed by atoms with Crippen molar-refractivity contribution in [1.29, 1.82) is 0 Å². The van der Waals surface area contributed by atoms with Crippen LogP contribution in [0, 0.1) is 5.92 Å². The van der Waals surface area contributed by atoms with Gasteiger partial charge in [0.05, 0.1) is 24.3 Å². The zero-order chi connectivity index (χ0) is 14.7. The van der Waals surface area contributed by atoms with E-state index in [-0.39, 0.29) is 12.0 Å². The summed E-state index contributed by atoms with van der Waals surface area (Å²) in [5, 5.41) is 18.5. The van der Waals surface area contributed by atoms with E-state index < -0.39 is 6.10 Å². The summed E-state index contributed by atoms with van der Waals surface area (Å²) in [5.41, 5.74) is 4.91. The molecule has 6 nitrogen and oxygen atoms in total. The fourth-order valence-electron chi connectivity index (χ4n) is 3.92. The Hall–Kier alpha value is -2.47. The highest BCUT2D eigenvalue weighted by Gasteiger charge is 2.42. The summed E-state index contributed by atoms with van der Waals surface area (Å²) in [4.78, 5) is 4.28. The van der Waals surface area contributed by atoms with Gasteiger partial charge < -0.3 is 9.67 Å². The molecule has 1 aliphatic heterocycles. The molecule has 0 saturated carbocycles. The van der Waals surface area contributed by atoms with Crippen molar-refractivity contribution in [3.8, 4) is 11.3 Å². The van der Waals surface area contributed by atoms with Crippen LogP contribution in [0.15, 0.2) is 41.4 Å². The molecule has 3 heterocycles. The first kappa shape index (κ1) is 12.1. The fraction of sp³-hybridized carbons (Fsp3) is 0.312. The number of aliphatic hydroxyl groups excluding tert-OH is 1. The van der Waals surface area contributed by atoms with E-state index in [4.69, 9.17) is 4.63 Å². The lowest BCUT2D eigenvalue weighted by Crippen LogP contribution is -2.28. The van der Waals surface area contributed by atoms with Gasteiger partial charge in [0.2, 0.25) is 0 Å². The highest BCUT2D eigenvalue weighted by atomic mass is 16.6. The van der Waals surface area contributed by atoms with Gasteiger partial charge in [-0.1, -0.05) is 34.6 Å². The molecule has 22 heavy (non-hydrogen) atoms. The maximum atomic E-state index is 10.8. The molecular formula is C16H14N4O2. The van der Waals surface area contributed by atoms with Crippen LogP contribution in [0.2, 0.25) is 0 Å². The number of aliphatic hydroxyl groups is 1. The molecule has 1 aromatic carbocycles. The highest BCUT2D eigenvalue weighted by molar-refractivity contribution is 5.69. The van der Waals surface area contributed by atoms with Crippen molar-refractivity contribution < 1.29 is 9.74 Å². The monoisotopic (exact) mass is 294 g/mol. The number of fused-ring (bicyclic) bond motifs is 4. The summed E-state index contributed by atoms with van der Waals surface area (Å²) in [6.45, 7) is 0. The summed E-state index contributed by atoms with van der Waals surface area (Å²) >= 11 is 0. The van der Waals surface area contributed by atoms with Crippen LogP contribution in [-0.2, 0) is 6.42 Å². The van der Waals surface area contributed by atoms with Gasteiger partial charge in [-0.15, -0.1) is 0 Å². The molecule has 3 atom stereocenters. The third-order valence-corrected chi connectivity index (χ3v) is 4.91. The molecule has 6 heteroatoms. The molecule has 0 radical (unpaired) electrons. The van der Waals surface area contributed by atoms with E-state index in [2.05, 4.69) is 32.0 Å². The van der Waals surface area contributed by atoms with Crippen LogP contribution in [0.1, 0.15) is 35.5 Å². The van der Waals surface area contributed by atoms with E-state index in [1.54, 1.807) is 0 Å². The number of hydrogen-bond donors (Lipinski definition) is 1. The van der Waals surface area contributed by atoms with Crippen LogP contribution in [0.3, 0.4) is 0 Å². The maximum Gasteiger partial charge on any atom is 0.137 e. The Bertz CT molecular complexity index is 853. The van der Waals surface area contributed by atoms with Gasteiger partial charge in [0.15, 0.2) is 0 Å². The summed E-state index contributed by atoms with van der Waals surface area (Å²) in [5.74, 6) is 0.0380. The first-order valence-corrected chi connectivity index (χ1v) is 7.45. The number of nitrogens with zero attached hydrogens (tertiary/aromatic N) is 4. The second-order valence-electron chi connectivity index (χ2n) is 5.96. The van der Waals surface area contributed by atoms with Crippen molar-refractivity contribution >= 4 is 0 Å². The van der Waals surface area contributed by atoms with Gasteiger partial charge in [0.25, 0.3) is 0 Å². The third-order valence-electron chi connectivity index (χ3n) is 4.91. The molecule has 1 aliphatic carbocycles. The van der Waals surface area contributed by atoms with Crippen LogP contribution in [0.25, 0.3) is 11.3 Å². The van der Waals surface area contributed by atoms with Gasteiger partial charge in [0.1, 0.15) is 17.5 Å². The Balaban J connectivity index is 1.65. The Morgan fingerprint density at radius 2 is 2.14 bits per heavy atom. The molecule has 2 aliphatic rings. The minimum absolute atomic E-state index is 0.0380. The van der Waals surface area contributed by atoms with Gasteiger partial charge in [-0.05, 0) is 18.4 Å². The summed E-state index contributed by atoms with van der Waals surface area (Å²) in [7, 11) is 0. The molecule has 0 unspecified atom stereocenters. The molecular weight excluding hydrogens is 280 g/mol. The largest absolute Gasteiger partial charge is 0.386 e. The van der Waals surface area contributed by atoms with Crippen molar-refractivity contribution in [2.75, 3.05) is 0 Å². The van der Waals surface area contributed by atoms with Crippen molar-refractivity contribution in [1.82, 2.24) is 19.9 Å². The number of benzene rings is 1. The first-order chi connectivity index (χ1) is 10.8. The predicted octanol–water partition coefficient (Wildman–Crippen LogP) is 2.13. The minimum atomic E-state index is -0.665. The molecule has 0 saturated heterocycles. The van der Waals surface area contributed by atoms with Crippen LogP contribution in [0.5, 0.6) is 0 Å². The minimum Gasteiger partial charge on any atom is -0.386 e. The highest BCUT2D eigenvalue weighted by Crippen LogP contribution is 2.49. The summed E-state index contributed by atoms with van der Waals surface area (Å²) in [6.07, 6.45) is 4.70. The average molecular weight is 294 g/mol. The molecule has 0 fully saturated rings. The molecule has 2 aromatic heterocycles. The summed E-state index contributed by atoms with van der Waals surface area (Å²) in [6, 6.07) is 8.41. The topological polar surface area (TPSA) is 77.0 Å². The number of aryl methyl sites for hydroxylation is 1. The second-order valence-corrected chi connectivity index (χ2v) is 5.96. The Labute approximate surface area is 126 Å². The lowest BCUT2D eigenvalue weighted by molar-refractivity contribution is 0.0662. The molecule has 110 valence electrons. The maximum absolute atomic E-state index is 10.8. The molecule has 5 rings (SSSR count). The Morgan fingerprint density at radius 3 is 3.09 bits per heavy atom. The second kappa shape index (κ2) is 4.27. The average Bonchev–Trinajstić information content (AvgIpc) is 3.23. The van der Waals surface area contributed by atoms with E-state index in [0.29, 0.717) is 5.69 Å². The number of imidazole rings is 1. The smallest absolute Gasteiger partial charge is 0.137 e. The number of rotatable bonds is 1. The van der Waals surface area contributed by atoms with Gasteiger partial charge in [-0.25, -0.2) is 9.61 Å². The van der Waals surface area contributed by atoms with Crippen molar-refractivity contribution in [2.45, 2.75) is 25.0 Å². The predicted molar refractivity (Wildman–Crippen MR) is 76.9 cm³/mol. The van der Waals surface area contributed by atoms with E-state index in [9.17, 15) is 5.11 Å². The van der Waals surface area contributed by atoms with E-state index >= 15 is 0 Å². The van der Waals surface area contributed by atoms with Crippen molar-refractivity contribution in [3.05, 3.63) is 53.7 Å². The number of aromatic nitrogens is 4. The van der Waals surface area contributed by atoms with Gasteiger partial charge >= 0.3 is 0 Å². The van der Waals surface area contributed by atoms with Crippen LogP contribution in [0.4, 0.5) is 0 Å². The third kappa shape index (κ3) is 1.45. The van der Waals surface area contributed by atoms with Crippen LogP contribution in [-0.4, -0.2) is 25.0 Å². The lowest BCUT2D eigenvalue weighted by Gasteiger charge is -2.32. The Kier molecular flexibility index (Phi) is 2.35. The normalized spacial score (nSPS) is 25.6. The standard InChI is InChI=1S/C16H14N4O2/c21-16-11(5-6-12-14(16)19-22-18-12)15-10-4-2-1-3-9(10)13-7-17-8-20(13)15/h1-4,7-8,11,15-16,21H,5-6H2/t11-,15-,16-/m0/s1. The molecule has 3 aromatic rings. The van der Waals surface area contributed by atoms with E-state index in [1.807, 2.05) is 24.7 Å². The SMILES string of the molecule is O[C@@H]1c2nonc2CC[C@H]1[C@@H]1c2ccccc2-c2cncn21. The molecule has 0 amide bonds. The van der Waals surface area contributed by atoms with E-state index in [0.717, 1.165) is 24.2 Å². The Morgan fingerprint density at radius 1 is 1.23 bits per heavy atom. The molecule has 0 spiro atoms. The molecule has 1 N–H and O–H groups in total. The van der Waals surface area contributed by atoms with Crippen LogP contribution < -0.4 is 0 Å². The van der Waals surface area contributed by atoms with Crippen molar-refractivity contribution in [3.63, 3.8) is 0 Å². The van der Waals surface area contributed by atoms with Gasteiger partial charge in [-0.3, -0.25) is 0 Å².